The summed E-state index contributed by atoms with van der Waals surface area (Å²) in [5.74, 6) is 0.161. The number of aliphatic hydroxyl groups is 1. The van der Waals surface area contributed by atoms with E-state index in [0.29, 0.717) is 13.2 Å². The van der Waals surface area contributed by atoms with Gasteiger partial charge in [0.15, 0.2) is 0 Å². The second kappa shape index (κ2) is 8.22. The fourth-order valence-electron chi connectivity index (χ4n) is 3.88. The molecule has 2 aromatic rings. The van der Waals surface area contributed by atoms with Crippen LogP contribution < -0.4 is 15.8 Å². The first kappa shape index (κ1) is 21.7. The van der Waals surface area contributed by atoms with E-state index in [1.807, 2.05) is 44.5 Å². The van der Waals surface area contributed by atoms with Gasteiger partial charge >= 0.3 is 0 Å². The summed E-state index contributed by atoms with van der Waals surface area (Å²) in [6.45, 7) is 6.49. The molecule has 0 aliphatic carbocycles. The van der Waals surface area contributed by atoms with Gasteiger partial charge in [0.25, 0.3) is 0 Å². The molecule has 1 saturated heterocycles. The maximum Gasteiger partial charge on any atom is 0.243 e. The third-order valence-electron chi connectivity index (χ3n) is 5.83. The van der Waals surface area contributed by atoms with Crippen molar-refractivity contribution in [2.45, 2.75) is 58.5 Å². The SMILES string of the molecule is CC(C)(C)[C@H](N)C(=O)N1C[C@H](O)C[C@H]1C(=O)NCc1ccc2c(c1)OCc1ncsc1-2. The van der Waals surface area contributed by atoms with Gasteiger partial charge in [-0.05, 0) is 23.1 Å². The second-order valence-corrected chi connectivity index (χ2v) is 10.1. The second-order valence-electron chi connectivity index (χ2n) is 9.20. The molecule has 0 radical (unpaired) electrons. The summed E-state index contributed by atoms with van der Waals surface area (Å²) < 4.78 is 5.81. The molecule has 4 N–H and O–H groups in total. The topological polar surface area (TPSA) is 118 Å². The van der Waals surface area contributed by atoms with Gasteiger partial charge in [0.1, 0.15) is 18.4 Å². The Kier molecular flexibility index (Phi) is 5.76. The van der Waals surface area contributed by atoms with E-state index in [1.54, 1.807) is 11.3 Å². The van der Waals surface area contributed by atoms with Gasteiger partial charge in [-0.25, -0.2) is 4.98 Å². The average Bonchev–Trinajstić information content (AvgIpc) is 3.36. The molecule has 3 atom stereocenters. The number of likely N-dealkylation sites (tertiary alicyclic amines) is 1. The molecular weight excluding hydrogens is 416 g/mol. The molecule has 8 nitrogen and oxygen atoms in total. The van der Waals surface area contributed by atoms with Crippen LogP contribution in [-0.2, 0) is 22.7 Å². The van der Waals surface area contributed by atoms with E-state index in [4.69, 9.17) is 10.5 Å². The van der Waals surface area contributed by atoms with E-state index in [2.05, 4.69) is 10.3 Å². The van der Waals surface area contributed by atoms with Crippen LogP contribution in [0.1, 0.15) is 38.4 Å². The Hall–Kier alpha value is -2.49. The van der Waals surface area contributed by atoms with E-state index >= 15 is 0 Å². The summed E-state index contributed by atoms with van der Waals surface area (Å²) in [4.78, 5) is 32.6. The molecule has 0 saturated carbocycles. The monoisotopic (exact) mass is 444 g/mol. The van der Waals surface area contributed by atoms with Gasteiger partial charge in [0.2, 0.25) is 11.8 Å². The summed E-state index contributed by atoms with van der Waals surface area (Å²) in [7, 11) is 0. The Morgan fingerprint density at radius 3 is 2.94 bits per heavy atom. The van der Waals surface area contributed by atoms with Crippen LogP contribution in [0.5, 0.6) is 5.75 Å². The van der Waals surface area contributed by atoms with Crippen molar-refractivity contribution in [2.75, 3.05) is 6.54 Å². The van der Waals surface area contributed by atoms with Crippen LogP contribution in [0.3, 0.4) is 0 Å². The maximum absolute atomic E-state index is 12.9. The molecular formula is C22H28N4O4S. The summed E-state index contributed by atoms with van der Waals surface area (Å²) >= 11 is 1.58. The van der Waals surface area contributed by atoms with Gasteiger partial charge in [0, 0.05) is 25.1 Å². The highest BCUT2D eigenvalue weighted by Gasteiger charge is 2.42. The van der Waals surface area contributed by atoms with E-state index in [1.165, 1.54) is 4.90 Å². The Morgan fingerprint density at radius 2 is 2.19 bits per heavy atom. The molecule has 1 fully saturated rings. The first-order valence-electron chi connectivity index (χ1n) is 10.4. The third-order valence-corrected chi connectivity index (χ3v) is 6.73. The maximum atomic E-state index is 12.9. The lowest BCUT2D eigenvalue weighted by atomic mass is 9.86. The molecule has 3 heterocycles. The number of carbonyl (C=O) groups is 2. The third kappa shape index (κ3) is 4.30. The molecule has 166 valence electrons. The lowest BCUT2D eigenvalue weighted by Crippen LogP contribution is -2.54. The minimum absolute atomic E-state index is 0.116. The van der Waals surface area contributed by atoms with Crippen molar-refractivity contribution < 1.29 is 19.4 Å². The highest BCUT2D eigenvalue weighted by Crippen LogP contribution is 2.40. The molecule has 1 aromatic carbocycles. The minimum Gasteiger partial charge on any atom is -0.487 e. The molecule has 0 bridgehead atoms. The van der Waals surface area contributed by atoms with Crippen LogP contribution in [0.15, 0.2) is 23.7 Å². The van der Waals surface area contributed by atoms with Gasteiger partial charge in [0.05, 0.1) is 28.2 Å². The van der Waals surface area contributed by atoms with E-state index < -0.39 is 23.6 Å². The number of hydrogen-bond acceptors (Lipinski definition) is 7. The number of ether oxygens (including phenoxy) is 1. The Bertz CT molecular complexity index is 1000. The molecule has 4 rings (SSSR count). The number of nitrogens with one attached hydrogen (secondary N) is 1. The van der Waals surface area contributed by atoms with Gasteiger partial charge < -0.3 is 25.8 Å². The Labute approximate surface area is 185 Å². The predicted molar refractivity (Wildman–Crippen MR) is 117 cm³/mol. The molecule has 0 spiro atoms. The van der Waals surface area contributed by atoms with Crippen LogP contribution in [0.2, 0.25) is 0 Å². The molecule has 2 aliphatic heterocycles. The van der Waals surface area contributed by atoms with E-state index in [-0.39, 0.29) is 24.8 Å². The lowest BCUT2D eigenvalue weighted by molar-refractivity contribution is -0.141. The smallest absolute Gasteiger partial charge is 0.243 e. The summed E-state index contributed by atoms with van der Waals surface area (Å²) in [6.07, 6.45) is -0.534. The highest BCUT2D eigenvalue weighted by atomic mass is 32.1. The van der Waals surface area contributed by atoms with Crippen LogP contribution in [0.25, 0.3) is 10.4 Å². The quantitative estimate of drug-likeness (QED) is 0.660. The number of β-amino-alcohol motifs (C(OH)–C–C–N with tert-alkyl or cyclic N) is 1. The normalized spacial score (nSPS) is 21.1. The zero-order valence-corrected chi connectivity index (χ0v) is 18.7. The van der Waals surface area contributed by atoms with Crippen LogP contribution in [0.4, 0.5) is 0 Å². The fourth-order valence-corrected chi connectivity index (χ4v) is 4.71. The number of nitrogens with two attached hydrogens (primary N) is 1. The Morgan fingerprint density at radius 1 is 1.42 bits per heavy atom. The first-order valence-corrected chi connectivity index (χ1v) is 11.2. The summed E-state index contributed by atoms with van der Waals surface area (Å²) in [5, 5.41) is 13.0. The number of thiazole rings is 1. The van der Waals surface area contributed by atoms with Crippen molar-refractivity contribution in [3.8, 4) is 16.2 Å². The number of nitrogens with zero attached hydrogens (tertiary/aromatic N) is 2. The molecule has 2 aliphatic rings. The predicted octanol–water partition coefficient (Wildman–Crippen LogP) is 1.65. The van der Waals surface area contributed by atoms with Crippen molar-refractivity contribution in [3.05, 3.63) is 35.0 Å². The van der Waals surface area contributed by atoms with Gasteiger partial charge in [-0.2, -0.15) is 0 Å². The van der Waals surface area contributed by atoms with Crippen LogP contribution >= 0.6 is 11.3 Å². The molecule has 0 unspecified atom stereocenters. The number of carbonyl (C=O) groups excluding carboxylic acids is 2. The van der Waals surface area contributed by atoms with Crippen molar-refractivity contribution in [3.63, 3.8) is 0 Å². The zero-order chi connectivity index (χ0) is 22.3. The highest BCUT2D eigenvalue weighted by molar-refractivity contribution is 7.13. The minimum atomic E-state index is -0.748. The fraction of sp³-hybridized carbons (Fsp3) is 0.500. The zero-order valence-electron chi connectivity index (χ0n) is 17.9. The van der Waals surface area contributed by atoms with E-state index in [9.17, 15) is 14.7 Å². The van der Waals surface area contributed by atoms with Crippen LogP contribution in [-0.4, -0.2) is 51.5 Å². The number of hydrogen-bond donors (Lipinski definition) is 3. The van der Waals surface area contributed by atoms with Crippen molar-refractivity contribution in [1.82, 2.24) is 15.2 Å². The number of fused-ring (bicyclic) bond motifs is 3. The Balaban J connectivity index is 1.43. The molecule has 1 aromatic heterocycles. The van der Waals surface area contributed by atoms with E-state index in [0.717, 1.165) is 27.4 Å². The van der Waals surface area contributed by atoms with Gasteiger partial charge in [-0.3, -0.25) is 9.59 Å². The largest absolute Gasteiger partial charge is 0.487 e. The van der Waals surface area contributed by atoms with Crippen LogP contribution in [0, 0.1) is 5.41 Å². The number of amides is 2. The number of aliphatic hydroxyl groups excluding tert-OH is 1. The summed E-state index contributed by atoms with van der Waals surface area (Å²) in [5.41, 5.74) is 10.3. The van der Waals surface area contributed by atoms with Crippen molar-refractivity contribution in [2.24, 2.45) is 11.1 Å². The lowest BCUT2D eigenvalue weighted by Gasteiger charge is -2.32. The van der Waals surface area contributed by atoms with Crippen molar-refractivity contribution >= 4 is 23.2 Å². The van der Waals surface area contributed by atoms with Crippen molar-refractivity contribution in [1.29, 1.82) is 0 Å². The number of rotatable bonds is 4. The number of benzene rings is 1. The van der Waals surface area contributed by atoms with Gasteiger partial charge in [-0.1, -0.05) is 26.8 Å². The number of aromatic nitrogens is 1. The standard InChI is InChI=1S/C22H28N4O4S/c1-22(2,3)19(23)21(29)26-9-13(27)7-16(26)20(28)24-8-12-4-5-14-17(6-12)30-10-15-18(14)31-11-25-15/h4-6,11,13,16,19,27H,7-10,23H2,1-3H3,(H,24,28)/t13-,16+,19-/m1/s1. The molecule has 31 heavy (non-hydrogen) atoms. The van der Waals surface area contributed by atoms with Gasteiger partial charge in [-0.15, -0.1) is 11.3 Å². The molecule has 9 heteroatoms. The summed E-state index contributed by atoms with van der Waals surface area (Å²) in [6, 6.07) is 4.36. The first-order chi connectivity index (χ1) is 14.6. The molecule has 2 amide bonds. The average molecular weight is 445 g/mol.